The number of phosphoric acid groups is 1. The maximum atomic E-state index is 11.7. The van der Waals surface area contributed by atoms with E-state index in [9.17, 15) is 9.36 Å². The summed E-state index contributed by atoms with van der Waals surface area (Å²) in [5.74, 6) is -0.600. The molecule has 0 aliphatic rings. The molecule has 0 N–H and O–H groups in total. The summed E-state index contributed by atoms with van der Waals surface area (Å²) in [5.41, 5.74) is -1.42. The average molecular weight is 373 g/mol. The Morgan fingerprint density at radius 3 is 2.23 bits per heavy atom. The summed E-state index contributed by atoms with van der Waals surface area (Å²) in [4.78, 5) is 11.7. The number of esters is 1. The second-order valence-corrected chi connectivity index (χ2v) is 6.48. The van der Waals surface area contributed by atoms with Gasteiger partial charge in [0.25, 0.3) is 5.56 Å². The van der Waals surface area contributed by atoms with Crippen molar-refractivity contribution >= 4 is 37.0 Å². The predicted molar refractivity (Wildman–Crippen MR) is 80.0 cm³/mol. The highest BCUT2D eigenvalue weighted by molar-refractivity contribution is 7.48. The third kappa shape index (κ3) is 6.12. The standard InChI is InChI=1S/C12H15Cl2O7P/c1-8(21-22(16,17-2)18-3)19-12(15)11(14)20-10-6-4-9(13)5-7-10/h4-8,11H,1-3H3. The van der Waals surface area contributed by atoms with Crippen molar-refractivity contribution in [1.29, 1.82) is 0 Å². The molecule has 0 heterocycles. The van der Waals surface area contributed by atoms with Crippen LogP contribution in [-0.4, -0.2) is 32.0 Å². The van der Waals surface area contributed by atoms with Crippen molar-refractivity contribution in [3.8, 4) is 5.75 Å². The van der Waals surface area contributed by atoms with Crippen molar-refractivity contribution in [3.05, 3.63) is 29.3 Å². The van der Waals surface area contributed by atoms with Crippen LogP contribution < -0.4 is 4.74 Å². The molecule has 0 aliphatic heterocycles. The molecule has 124 valence electrons. The first kappa shape index (κ1) is 19.2. The SMILES string of the molecule is COP(=O)(OC)OC(C)OC(=O)C(Cl)Oc1ccc(Cl)cc1. The Labute approximate surface area is 138 Å². The lowest BCUT2D eigenvalue weighted by Crippen LogP contribution is -2.28. The molecule has 0 saturated heterocycles. The van der Waals surface area contributed by atoms with Crippen LogP contribution in [0, 0.1) is 0 Å². The van der Waals surface area contributed by atoms with Crippen molar-refractivity contribution < 1.29 is 32.4 Å². The van der Waals surface area contributed by atoms with Gasteiger partial charge in [-0.3, -0.25) is 9.05 Å². The second kappa shape index (κ2) is 8.72. The van der Waals surface area contributed by atoms with Gasteiger partial charge < -0.3 is 9.47 Å². The molecule has 1 rings (SSSR count). The van der Waals surface area contributed by atoms with E-state index in [0.29, 0.717) is 10.8 Å². The first-order valence-corrected chi connectivity index (χ1v) is 8.24. The van der Waals surface area contributed by atoms with E-state index in [1.165, 1.54) is 19.1 Å². The second-order valence-electron chi connectivity index (χ2n) is 3.81. The molecule has 2 atom stereocenters. The zero-order chi connectivity index (χ0) is 16.8. The maximum Gasteiger partial charge on any atom is 0.477 e. The summed E-state index contributed by atoms with van der Waals surface area (Å²) < 4.78 is 35.7. The van der Waals surface area contributed by atoms with Crippen LogP contribution in [0.1, 0.15) is 6.92 Å². The van der Waals surface area contributed by atoms with Gasteiger partial charge in [-0.1, -0.05) is 23.2 Å². The molecule has 0 amide bonds. The average Bonchev–Trinajstić information content (AvgIpc) is 2.49. The minimum atomic E-state index is -3.77. The molecule has 2 unspecified atom stereocenters. The number of carbonyl (C=O) groups is 1. The molecular weight excluding hydrogens is 358 g/mol. The highest BCUT2D eigenvalue weighted by atomic mass is 35.5. The molecule has 7 nitrogen and oxygen atoms in total. The van der Waals surface area contributed by atoms with Gasteiger partial charge in [-0.05, 0) is 31.2 Å². The molecule has 0 radical (unpaired) electrons. The van der Waals surface area contributed by atoms with Gasteiger partial charge in [0.05, 0.1) is 0 Å². The Hall–Kier alpha value is -0.820. The first-order chi connectivity index (χ1) is 10.3. The number of phosphoric ester groups is 1. The van der Waals surface area contributed by atoms with Crippen molar-refractivity contribution in [2.45, 2.75) is 18.8 Å². The number of alkyl halides is 1. The molecule has 1 aromatic carbocycles. The molecule has 22 heavy (non-hydrogen) atoms. The van der Waals surface area contributed by atoms with Gasteiger partial charge in [-0.15, -0.1) is 0 Å². The minimum absolute atomic E-state index is 0.328. The van der Waals surface area contributed by atoms with Crippen molar-refractivity contribution in [1.82, 2.24) is 0 Å². The van der Waals surface area contributed by atoms with Crippen LogP contribution in [0.3, 0.4) is 0 Å². The van der Waals surface area contributed by atoms with Gasteiger partial charge in [-0.25, -0.2) is 13.9 Å². The summed E-state index contributed by atoms with van der Waals surface area (Å²) in [7, 11) is -1.51. The summed E-state index contributed by atoms with van der Waals surface area (Å²) in [5, 5.41) is 0.512. The third-order valence-electron chi connectivity index (χ3n) is 2.25. The smallest absolute Gasteiger partial charge is 0.463 e. The number of rotatable bonds is 8. The molecule has 10 heteroatoms. The molecule has 0 aromatic heterocycles. The Morgan fingerprint density at radius 2 is 1.73 bits per heavy atom. The topological polar surface area (TPSA) is 80.3 Å². The Bertz CT molecular complexity index is 529. The number of hydrogen-bond donors (Lipinski definition) is 0. The van der Waals surface area contributed by atoms with Crippen LogP contribution >= 0.6 is 31.0 Å². The largest absolute Gasteiger partial charge is 0.477 e. The summed E-state index contributed by atoms with van der Waals surface area (Å²) in [6.07, 6.45) is -1.21. The van der Waals surface area contributed by atoms with Gasteiger partial charge in [0.2, 0.25) is 6.29 Å². The fraction of sp³-hybridized carbons (Fsp3) is 0.417. The van der Waals surface area contributed by atoms with E-state index in [1.807, 2.05) is 0 Å². The number of ether oxygens (including phenoxy) is 2. The minimum Gasteiger partial charge on any atom is -0.463 e. The number of benzene rings is 1. The Morgan fingerprint density at radius 1 is 1.18 bits per heavy atom. The molecule has 0 aliphatic carbocycles. The molecule has 1 aromatic rings. The molecule has 0 bridgehead atoms. The Kier molecular flexibility index (Phi) is 7.62. The van der Waals surface area contributed by atoms with Gasteiger partial charge in [0.1, 0.15) is 5.75 Å². The summed E-state index contributed by atoms with van der Waals surface area (Å²) in [6.45, 7) is 1.33. The summed E-state index contributed by atoms with van der Waals surface area (Å²) in [6, 6.07) is 6.22. The third-order valence-corrected chi connectivity index (χ3v) is 4.21. The van der Waals surface area contributed by atoms with Crippen LogP contribution in [0.2, 0.25) is 5.02 Å². The van der Waals surface area contributed by atoms with Crippen LogP contribution in [0.4, 0.5) is 0 Å². The van der Waals surface area contributed by atoms with Crippen LogP contribution in [0.25, 0.3) is 0 Å². The number of hydrogen-bond acceptors (Lipinski definition) is 7. The highest BCUT2D eigenvalue weighted by Crippen LogP contribution is 2.48. The highest BCUT2D eigenvalue weighted by Gasteiger charge is 2.29. The van der Waals surface area contributed by atoms with Crippen molar-refractivity contribution in [2.75, 3.05) is 14.2 Å². The Balaban J connectivity index is 2.53. The van der Waals surface area contributed by atoms with Crippen LogP contribution in [-0.2, 0) is 27.7 Å². The molecule has 0 saturated carbocycles. The van der Waals surface area contributed by atoms with Crippen LogP contribution in [0.5, 0.6) is 5.75 Å². The first-order valence-electron chi connectivity index (χ1n) is 5.96. The number of halogens is 2. The summed E-state index contributed by atoms with van der Waals surface area (Å²) >= 11 is 11.5. The van der Waals surface area contributed by atoms with Gasteiger partial charge in [0, 0.05) is 19.2 Å². The fourth-order valence-corrected chi connectivity index (χ4v) is 2.27. The zero-order valence-corrected chi connectivity index (χ0v) is 14.4. The van der Waals surface area contributed by atoms with E-state index in [0.717, 1.165) is 14.2 Å². The van der Waals surface area contributed by atoms with E-state index < -0.39 is 25.6 Å². The van der Waals surface area contributed by atoms with Crippen molar-refractivity contribution in [2.24, 2.45) is 0 Å². The monoisotopic (exact) mass is 372 g/mol. The fourth-order valence-electron chi connectivity index (χ4n) is 1.26. The van der Waals surface area contributed by atoms with Crippen molar-refractivity contribution in [3.63, 3.8) is 0 Å². The molecular formula is C12H15Cl2O7P. The lowest BCUT2D eigenvalue weighted by Gasteiger charge is -2.20. The molecule has 0 spiro atoms. The normalized spacial score (nSPS) is 14.2. The lowest BCUT2D eigenvalue weighted by atomic mass is 10.3. The van der Waals surface area contributed by atoms with E-state index >= 15 is 0 Å². The quantitative estimate of drug-likeness (QED) is 0.298. The zero-order valence-electron chi connectivity index (χ0n) is 12.0. The van der Waals surface area contributed by atoms with E-state index in [4.69, 9.17) is 37.2 Å². The lowest BCUT2D eigenvalue weighted by molar-refractivity contribution is -0.167. The van der Waals surface area contributed by atoms with E-state index in [2.05, 4.69) is 9.05 Å². The maximum absolute atomic E-state index is 11.7. The van der Waals surface area contributed by atoms with Gasteiger partial charge in [0.15, 0.2) is 0 Å². The van der Waals surface area contributed by atoms with Gasteiger partial charge >= 0.3 is 13.8 Å². The molecule has 0 fully saturated rings. The van der Waals surface area contributed by atoms with Gasteiger partial charge in [-0.2, -0.15) is 0 Å². The number of carbonyl (C=O) groups excluding carboxylic acids is 1. The van der Waals surface area contributed by atoms with E-state index in [1.54, 1.807) is 12.1 Å². The predicted octanol–water partition coefficient (Wildman–Crippen LogP) is 3.59. The van der Waals surface area contributed by atoms with E-state index in [-0.39, 0.29) is 0 Å². The van der Waals surface area contributed by atoms with Crippen LogP contribution in [0.15, 0.2) is 24.3 Å².